The topological polar surface area (TPSA) is 177 Å². The van der Waals surface area contributed by atoms with Crippen molar-refractivity contribution in [1.29, 1.82) is 0 Å². The summed E-state index contributed by atoms with van der Waals surface area (Å²) >= 11 is 1.22. The lowest BCUT2D eigenvalue weighted by Crippen LogP contribution is -2.36. The normalized spacial score (nSPS) is 15.9. The second-order valence-corrected chi connectivity index (χ2v) is 7.81. The van der Waals surface area contributed by atoms with Gasteiger partial charge in [-0.1, -0.05) is 0 Å². The zero-order chi connectivity index (χ0) is 23.1. The van der Waals surface area contributed by atoms with E-state index in [1.54, 1.807) is 0 Å². The minimum Gasteiger partial charge on any atom is -0.379 e. The Morgan fingerprint density at radius 3 is 2.39 bits per heavy atom. The fraction of sp³-hybridized carbons (Fsp3) is 0.722. The van der Waals surface area contributed by atoms with E-state index in [2.05, 4.69) is 10.6 Å². The number of aliphatic hydroxyl groups excluding tert-OH is 1. The van der Waals surface area contributed by atoms with Crippen molar-refractivity contribution < 1.29 is 38.6 Å². The predicted octanol–water partition coefficient (Wildman–Crippen LogP) is -2.28. The molecule has 0 aromatic rings. The predicted molar refractivity (Wildman–Crippen MR) is 111 cm³/mol. The van der Waals surface area contributed by atoms with Crippen LogP contribution in [0.4, 0.5) is 0 Å². The number of hydrogen-bond donors (Lipinski definition) is 4. The summed E-state index contributed by atoms with van der Waals surface area (Å²) in [5.41, 5.74) is 5.06. The van der Waals surface area contributed by atoms with E-state index in [1.807, 2.05) is 0 Å². The number of nitrogens with two attached hydrogens (primary N) is 1. The number of imide groups is 1. The van der Waals surface area contributed by atoms with Crippen LogP contribution in [0.2, 0.25) is 0 Å². The van der Waals surface area contributed by atoms with Gasteiger partial charge in [0.25, 0.3) is 0 Å². The van der Waals surface area contributed by atoms with Crippen molar-refractivity contribution in [2.24, 2.45) is 5.73 Å². The third kappa shape index (κ3) is 11.7. The molecule has 0 aromatic carbocycles. The number of ether oxygens (including phenoxy) is 2. The lowest BCUT2D eigenvalue weighted by molar-refractivity contribution is -0.138. The maximum absolute atomic E-state index is 12.3. The van der Waals surface area contributed by atoms with Gasteiger partial charge in [-0.15, -0.1) is 11.8 Å². The molecule has 1 aliphatic rings. The van der Waals surface area contributed by atoms with Crippen molar-refractivity contribution in [2.75, 3.05) is 52.0 Å². The van der Waals surface area contributed by atoms with E-state index in [1.165, 1.54) is 11.8 Å². The van der Waals surface area contributed by atoms with Gasteiger partial charge < -0.3 is 30.9 Å². The molecule has 0 bridgehead atoms. The number of carbonyl (C=O) groups excluding carboxylic acids is 5. The summed E-state index contributed by atoms with van der Waals surface area (Å²) in [5.74, 6) is -1.37. The number of amides is 5. The molecule has 176 valence electrons. The number of nitrogens with zero attached hydrogens (tertiary/aromatic N) is 1. The number of primary amides is 1. The fourth-order valence-electron chi connectivity index (χ4n) is 2.55. The van der Waals surface area contributed by atoms with Gasteiger partial charge >= 0.3 is 0 Å². The SMILES string of the molecule is NC(=O)CCSC1CC(=O)N(CCC(=O)NCCOCCOCCC(=O)NCO)C1=O. The Morgan fingerprint density at radius 2 is 1.71 bits per heavy atom. The van der Waals surface area contributed by atoms with Gasteiger partial charge in [-0.2, -0.15) is 0 Å². The van der Waals surface area contributed by atoms with Crippen molar-refractivity contribution in [2.45, 2.75) is 30.9 Å². The summed E-state index contributed by atoms with van der Waals surface area (Å²) in [5, 5.41) is 12.8. The first-order chi connectivity index (χ1) is 14.8. The Kier molecular flexibility index (Phi) is 13.5. The molecule has 1 unspecified atom stereocenters. The van der Waals surface area contributed by atoms with Gasteiger partial charge in [-0.25, -0.2) is 0 Å². The number of aliphatic hydroxyl groups is 1. The monoisotopic (exact) mass is 462 g/mol. The van der Waals surface area contributed by atoms with Gasteiger partial charge in [-0.05, 0) is 0 Å². The Morgan fingerprint density at radius 1 is 1.03 bits per heavy atom. The van der Waals surface area contributed by atoms with E-state index in [0.717, 1.165) is 4.90 Å². The quantitative estimate of drug-likeness (QED) is 0.105. The van der Waals surface area contributed by atoms with E-state index in [4.69, 9.17) is 20.3 Å². The Hall–Kier alpha value is -2.22. The van der Waals surface area contributed by atoms with Crippen LogP contribution in [0.15, 0.2) is 0 Å². The van der Waals surface area contributed by atoms with Gasteiger partial charge in [0.15, 0.2) is 0 Å². The highest BCUT2D eigenvalue weighted by molar-refractivity contribution is 8.00. The number of likely N-dealkylation sites (tertiary alicyclic amines) is 1. The molecule has 0 aromatic heterocycles. The minimum atomic E-state index is -0.533. The van der Waals surface area contributed by atoms with Crippen LogP contribution in [0.25, 0.3) is 0 Å². The van der Waals surface area contributed by atoms with Gasteiger partial charge in [-0.3, -0.25) is 28.9 Å². The average Bonchev–Trinajstić information content (AvgIpc) is 2.98. The number of nitrogens with one attached hydrogen (secondary N) is 2. The van der Waals surface area contributed by atoms with Crippen molar-refractivity contribution in [3.63, 3.8) is 0 Å². The van der Waals surface area contributed by atoms with E-state index in [0.29, 0.717) is 12.4 Å². The molecule has 1 fully saturated rings. The Bertz CT molecular complexity index is 634. The number of hydrogen-bond acceptors (Lipinski definition) is 9. The average molecular weight is 463 g/mol. The van der Waals surface area contributed by atoms with Crippen molar-refractivity contribution in [1.82, 2.24) is 15.5 Å². The zero-order valence-electron chi connectivity index (χ0n) is 17.3. The Balaban J connectivity index is 2.06. The van der Waals surface area contributed by atoms with Gasteiger partial charge in [0.1, 0.15) is 6.73 Å². The molecule has 1 saturated heterocycles. The second kappa shape index (κ2) is 15.6. The lowest BCUT2D eigenvalue weighted by Gasteiger charge is -2.14. The van der Waals surface area contributed by atoms with Gasteiger partial charge in [0, 0.05) is 38.1 Å². The van der Waals surface area contributed by atoms with Crippen LogP contribution in [0.3, 0.4) is 0 Å². The van der Waals surface area contributed by atoms with Crippen LogP contribution >= 0.6 is 11.8 Å². The molecule has 0 radical (unpaired) electrons. The fourth-order valence-corrected chi connectivity index (χ4v) is 3.68. The smallest absolute Gasteiger partial charge is 0.242 e. The van der Waals surface area contributed by atoms with Crippen molar-refractivity contribution in [3.8, 4) is 0 Å². The maximum atomic E-state index is 12.3. The molecule has 0 saturated carbocycles. The van der Waals surface area contributed by atoms with Gasteiger partial charge in [0.2, 0.25) is 29.5 Å². The first kappa shape index (κ1) is 26.8. The molecule has 5 N–H and O–H groups in total. The first-order valence-corrected chi connectivity index (χ1v) is 10.9. The maximum Gasteiger partial charge on any atom is 0.242 e. The number of thioether (sulfide) groups is 1. The molecule has 1 aliphatic heterocycles. The molecule has 31 heavy (non-hydrogen) atoms. The molecule has 1 atom stereocenters. The van der Waals surface area contributed by atoms with Gasteiger partial charge in [0.05, 0.1) is 38.1 Å². The standard InChI is InChI=1S/C18H30N4O8S/c19-14(24)3-10-31-13-11-17(27)22(18(13)28)5-1-15(25)20-4-7-30-9-8-29-6-2-16(26)21-12-23/h13,23H,1-12H2,(H2,19,24)(H,20,25)(H,21,26). The van der Waals surface area contributed by atoms with Crippen LogP contribution < -0.4 is 16.4 Å². The van der Waals surface area contributed by atoms with E-state index in [9.17, 15) is 24.0 Å². The van der Waals surface area contributed by atoms with Crippen LogP contribution in [-0.2, 0) is 33.4 Å². The summed E-state index contributed by atoms with van der Waals surface area (Å²) in [6, 6.07) is 0. The van der Waals surface area contributed by atoms with Crippen LogP contribution in [-0.4, -0.2) is 96.8 Å². The molecule has 1 rings (SSSR count). The lowest BCUT2D eigenvalue weighted by atomic mass is 10.3. The third-order valence-corrected chi connectivity index (χ3v) is 5.33. The molecular weight excluding hydrogens is 432 g/mol. The highest BCUT2D eigenvalue weighted by Gasteiger charge is 2.38. The molecule has 0 aliphatic carbocycles. The Labute approximate surface area is 184 Å². The van der Waals surface area contributed by atoms with Crippen LogP contribution in [0.5, 0.6) is 0 Å². The summed E-state index contributed by atoms with van der Waals surface area (Å²) in [6.07, 6.45) is 0.341. The van der Waals surface area contributed by atoms with Crippen LogP contribution in [0.1, 0.15) is 25.7 Å². The van der Waals surface area contributed by atoms with E-state index < -0.39 is 17.9 Å². The third-order valence-electron chi connectivity index (χ3n) is 4.12. The largest absolute Gasteiger partial charge is 0.379 e. The minimum absolute atomic E-state index is 0.00479. The summed E-state index contributed by atoms with van der Waals surface area (Å²) in [4.78, 5) is 59.0. The molecule has 12 nitrogen and oxygen atoms in total. The highest BCUT2D eigenvalue weighted by atomic mass is 32.2. The van der Waals surface area contributed by atoms with E-state index >= 15 is 0 Å². The van der Waals surface area contributed by atoms with Crippen molar-refractivity contribution >= 4 is 41.3 Å². The van der Waals surface area contributed by atoms with E-state index in [-0.39, 0.29) is 82.2 Å². The molecule has 1 heterocycles. The molecule has 5 amide bonds. The zero-order valence-corrected chi connectivity index (χ0v) is 18.1. The summed E-state index contributed by atoms with van der Waals surface area (Å²) < 4.78 is 10.5. The van der Waals surface area contributed by atoms with Crippen LogP contribution in [0, 0.1) is 0 Å². The number of carbonyl (C=O) groups is 5. The second-order valence-electron chi connectivity index (χ2n) is 6.50. The molecule has 13 heteroatoms. The summed E-state index contributed by atoms with van der Waals surface area (Å²) in [6.45, 7) is 0.933. The molecule has 0 spiro atoms. The highest BCUT2D eigenvalue weighted by Crippen LogP contribution is 2.25. The first-order valence-electron chi connectivity index (χ1n) is 9.89. The molecular formula is C18H30N4O8S. The number of rotatable bonds is 17. The summed E-state index contributed by atoms with van der Waals surface area (Å²) in [7, 11) is 0. The van der Waals surface area contributed by atoms with Crippen molar-refractivity contribution in [3.05, 3.63) is 0 Å².